The lowest BCUT2D eigenvalue weighted by Crippen LogP contribution is -2.57. The first kappa shape index (κ1) is 43.7. The molecule has 8 amide bonds. The number of allylic oxidation sites excluding steroid dienone is 2. The fourth-order valence-corrected chi connectivity index (χ4v) is 7.98. The zero-order chi connectivity index (χ0) is 43.5. The van der Waals surface area contributed by atoms with E-state index in [1.54, 1.807) is 53.7 Å². The minimum Gasteiger partial charge on any atom is -0.443 e. The van der Waals surface area contributed by atoms with Gasteiger partial charge < -0.3 is 19.3 Å². The Balaban J connectivity index is 0.958. The molecule has 4 aliphatic rings. The lowest BCUT2D eigenvalue weighted by Gasteiger charge is -2.35. The largest absolute Gasteiger partial charge is 0.443 e. The third-order valence-corrected chi connectivity index (χ3v) is 10.8. The van der Waals surface area contributed by atoms with Gasteiger partial charge in [0.2, 0.25) is 11.8 Å². The molecule has 2 aromatic rings. The van der Waals surface area contributed by atoms with Crippen LogP contribution in [0.3, 0.4) is 0 Å². The van der Waals surface area contributed by atoms with Crippen LogP contribution in [-0.2, 0) is 41.7 Å². The minimum absolute atomic E-state index is 0.0509. The van der Waals surface area contributed by atoms with Gasteiger partial charge in [-0.05, 0) is 114 Å². The molecule has 0 radical (unpaired) electrons. The van der Waals surface area contributed by atoms with Gasteiger partial charge in [0.15, 0.2) is 0 Å². The van der Waals surface area contributed by atoms with Crippen molar-refractivity contribution in [2.24, 2.45) is 0 Å². The summed E-state index contributed by atoms with van der Waals surface area (Å²) in [5, 5.41) is 0. The lowest BCUT2D eigenvalue weighted by atomic mass is 10.0. The Hall–Kier alpha value is -5.92. The van der Waals surface area contributed by atoms with Crippen molar-refractivity contribution >= 4 is 59.8 Å². The Kier molecular flexibility index (Phi) is 12.9. The third-order valence-electron chi connectivity index (χ3n) is 10.8. The van der Waals surface area contributed by atoms with Gasteiger partial charge in [0, 0.05) is 37.1 Å². The molecule has 60 heavy (non-hydrogen) atoms. The number of nitrogens with zero attached hydrogens (tertiary/aromatic N) is 4. The molecule has 4 heterocycles. The quantitative estimate of drug-likeness (QED) is 0.163. The summed E-state index contributed by atoms with van der Waals surface area (Å²) in [7, 11) is 0. The topological polar surface area (TPSA) is 168 Å². The highest BCUT2D eigenvalue weighted by molar-refractivity contribution is 6.14. The molecule has 2 atom stereocenters. The SMILES string of the molecule is CC(C)(C)OC(=O)N1C(=O)CCC(N2Cc3c(C=CCCCCCCC=Cc4cccc5c4CN(C4CCC(=O)N(C(=O)OC(C)(C)C)C4=O)C5=O)cccc3C2=O)C1=O. The van der Waals surface area contributed by atoms with Crippen molar-refractivity contribution in [3.63, 3.8) is 0 Å². The number of ether oxygens (including phenoxy) is 2. The van der Waals surface area contributed by atoms with Crippen LogP contribution in [0.1, 0.15) is 149 Å². The van der Waals surface area contributed by atoms with Crippen molar-refractivity contribution in [3.05, 3.63) is 81.9 Å². The van der Waals surface area contributed by atoms with Crippen LogP contribution in [0.5, 0.6) is 0 Å². The maximum atomic E-state index is 13.5. The molecule has 318 valence electrons. The number of unbranched alkanes of at least 4 members (excludes halogenated alkanes) is 5. The van der Waals surface area contributed by atoms with Gasteiger partial charge in [-0.25, -0.2) is 9.59 Å². The Morgan fingerprint density at radius 2 is 0.983 bits per heavy atom. The van der Waals surface area contributed by atoms with E-state index in [-0.39, 0.29) is 50.6 Å². The Bertz CT molecular complexity index is 2010. The Morgan fingerprint density at radius 3 is 1.35 bits per heavy atom. The number of carbonyl (C=O) groups is 8. The molecule has 0 spiro atoms. The molecule has 0 aliphatic carbocycles. The molecule has 14 nitrogen and oxygen atoms in total. The summed E-state index contributed by atoms with van der Waals surface area (Å²) in [4.78, 5) is 108. The molecule has 14 heteroatoms. The predicted molar refractivity (Wildman–Crippen MR) is 221 cm³/mol. The summed E-state index contributed by atoms with van der Waals surface area (Å²) >= 11 is 0. The first-order chi connectivity index (χ1) is 28.4. The summed E-state index contributed by atoms with van der Waals surface area (Å²) in [6.07, 6.45) is 12.0. The number of fused-ring (bicyclic) bond motifs is 2. The van der Waals surface area contributed by atoms with Gasteiger partial charge in [0.25, 0.3) is 23.6 Å². The Morgan fingerprint density at radius 1 is 0.600 bits per heavy atom. The summed E-state index contributed by atoms with van der Waals surface area (Å²) in [5.74, 6) is -3.37. The maximum Gasteiger partial charge on any atom is 0.424 e. The van der Waals surface area contributed by atoms with Gasteiger partial charge in [0.1, 0.15) is 23.3 Å². The van der Waals surface area contributed by atoms with Gasteiger partial charge in [-0.1, -0.05) is 61.4 Å². The van der Waals surface area contributed by atoms with E-state index in [0.29, 0.717) is 20.9 Å². The number of hydrogen-bond donors (Lipinski definition) is 0. The fourth-order valence-electron chi connectivity index (χ4n) is 7.98. The van der Waals surface area contributed by atoms with E-state index in [9.17, 15) is 38.4 Å². The zero-order valence-electron chi connectivity index (χ0n) is 35.3. The molecule has 2 saturated heterocycles. The molecule has 4 aliphatic heterocycles. The maximum absolute atomic E-state index is 13.5. The van der Waals surface area contributed by atoms with Crippen molar-refractivity contribution < 1.29 is 47.8 Å². The summed E-state index contributed by atoms with van der Waals surface area (Å²) in [6, 6.07) is 9.07. The number of rotatable bonds is 11. The molecular formula is C46H54N4O10. The molecule has 2 aromatic carbocycles. The number of amides is 8. The monoisotopic (exact) mass is 822 g/mol. The highest BCUT2D eigenvalue weighted by atomic mass is 16.6. The van der Waals surface area contributed by atoms with Crippen molar-refractivity contribution in [2.45, 2.75) is 142 Å². The van der Waals surface area contributed by atoms with E-state index in [1.807, 2.05) is 36.4 Å². The minimum atomic E-state index is -1.03. The molecule has 0 saturated carbocycles. The van der Waals surface area contributed by atoms with E-state index in [2.05, 4.69) is 12.2 Å². The molecule has 6 rings (SSSR count). The van der Waals surface area contributed by atoms with E-state index in [4.69, 9.17) is 9.47 Å². The van der Waals surface area contributed by atoms with Crippen LogP contribution in [0, 0.1) is 0 Å². The summed E-state index contributed by atoms with van der Waals surface area (Å²) < 4.78 is 10.6. The molecule has 0 bridgehead atoms. The molecule has 0 N–H and O–H groups in total. The summed E-state index contributed by atoms with van der Waals surface area (Å²) in [5.41, 5.74) is 2.61. The standard InChI is InChI=1S/C46H54N4O10/c1-45(2,3)59-43(57)49-37(51)25-23-35(41(49)55)47-27-33-29(19-15-21-31(33)39(47)53)17-13-11-9-7-8-10-12-14-18-30-20-16-22-32-34(30)28-48(40(32)54)36-24-26-38(52)50(42(36)56)44(58)60-46(4,5)6/h13-22,35-36H,7-12,23-28H2,1-6H3. The van der Waals surface area contributed by atoms with Gasteiger partial charge in [-0.2, -0.15) is 9.80 Å². The van der Waals surface area contributed by atoms with Crippen molar-refractivity contribution in [3.8, 4) is 0 Å². The van der Waals surface area contributed by atoms with Crippen LogP contribution in [0.25, 0.3) is 12.2 Å². The van der Waals surface area contributed by atoms with Gasteiger partial charge in [0.05, 0.1) is 0 Å². The number of piperidine rings is 2. The molecule has 0 aromatic heterocycles. The highest BCUT2D eigenvalue weighted by Crippen LogP contribution is 2.34. The second-order valence-corrected chi connectivity index (χ2v) is 17.6. The van der Waals surface area contributed by atoms with Crippen LogP contribution in [0.2, 0.25) is 0 Å². The molecular weight excluding hydrogens is 769 g/mol. The van der Waals surface area contributed by atoms with Gasteiger partial charge in [-0.3, -0.25) is 28.8 Å². The molecule has 2 unspecified atom stereocenters. The van der Waals surface area contributed by atoms with Gasteiger partial charge >= 0.3 is 12.2 Å². The lowest BCUT2D eigenvalue weighted by molar-refractivity contribution is -0.152. The van der Waals surface area contributed by atoms with Crippen LogP contribution >= 0.6 is 0 Å². The molecule has 2 fully saturated rings. The first-order valence-corrected chi connectivity index (χ1v) is 20.7. The smallest absolute Gasteiger partial charge is 0.424 e. The summed E-state index contributed by atoms with van der Waals surface area (Å²) in [6.45, 7) is 10.3. The first-order valence-electron chi connectivity index (χ1n) is 20.7. The van der Waals surface area contributed by atoms with Crippen LogP contribution < -0.4 is 0 Å². The highest BCUT2D eigenvalue weighted by Gasteiger charge is 2.48. The third kappa shape index (κ3) is 9.58. The van der Waals surface area contributed by atoms with Crippen molar-refractivity contribution in [1.82, 2.24) is 19.6 Å². The van der Waals surface area contributed by atoms with Crippen molar-refractivity contribution in [1.29, 1.82) is 0 Å². The number of benzene rings is 2. The second-order valence-electron chi connectivity index (χ2n) is 17.6. The van der Waals surface area contributed by atoms with Crippen LogP contribution in [-0.4, -0.2) is 90.5 Å². The fraction of sp³-hybridized carbons (Fsp3) is 0.478. The Labute approximate surface area is 350 Å². The average Bonchev–Trinajstić information content (AvgIpc) is 3.67. The number of imide groups is 6. The van der Waals surface area contributed by atoms with E-state index in [0.717, 1.165) is 60.8 Å². The van der Waals surface area contributed by atoms with Crippen LogP contribution in [0.15, 0.2) is 48.6 Å². The van der Waals surface area contributed by atoms with E-state index in [1.165, 1.54) is 9.80 Å². The van der Waals surface area contributed by atoms with E-state index >= 15 is 0 Å². The van der Waals surface area contributed by atoms with Crippen molar-refractivity contribution in [2.75, 3.05) is 0 Å². The second kappa shape index (κ2) is 17.7. The number of hydrogen-bond acceptors (Lipinski definition) is 10. The van der Waals surface area contributed by atoms with E-state index < -0.39 is 59.1 Å². The average molecular weight is 823 g/mol. The number of carbonyl (C=O) groups excluding carboxylic acids is 8. The predicted octanol–water partition coefficient (Wildman–Crippen LogP) is 7.57. The number of likely N-dealkylation sites (tertiary alicyclic amines) is 2. The normalized spacial score (nSPS) is 19.9. The zero-order valence-corrected chi connectivity index (χ0v) is 35.3. The van der Waals surface area contributed by atoms with Gasteiger partial charge in [-0.15, -0.1) is 0 Å². The van der Waals surface area contributed by atoms with Crippen LogP contribution in [0.4, 0.5) is 9.59 Å².